The van der Waals surface area contributed by atoms with E-state index >= 15 is 0 Å². The first-order valence-electron chi connectivity index (χ1n) is 10.8. The summed E-state index contributed by atoms with van der Waals surface area (Å²) in [6, 6.07) is 20.1. The molecule has 0 fully saturated rings. The number of benzene rings is 3. The fourth-order valence-electron chi connectivity index (χ4n) is 4.28. The van der Waals surface area contributed by atoms with E-state index in [0.717, 1.165) is 16.0 Å². The molecule has 0 saturated heterocycles. The quantitative estimate of drug-likeness (QED) is 0.572. The van der Waals surface area contributed by atoms with Crippen molar-refractivity contribution in [2.45, 2.75) is 17.9 Å². The first-order chi connectivity index (χ1) is 16.3. The summed E-state index contributed by atoms with van der Waals surface area (Å²) in [6.45, 7) is 0.155. The summed E-state index contributed by atoms with van der Waals surface area (Å²) in [5.41, 5.74) is 2.85. The van der Waals surface area contributed by atoms with Crippen molar-refractivity contribution in [3.05, 3.63) is 95.1 Å². The maximum absolute atomic E-state index is 13.0. The third-order valence-corrected chi connectivity index (χ3v) is 7.89. The Morgan fingerprint density at radius 3 is 2.18 bits per heavy atom. The van der Waals surface area contributed by atoms with Gasteiger partial charge in [-0.2, -0.15) is 4.31 Å². The predicted octanol–water partition coefficient (Wildman–Crippen LogP) is 2.67. The molecule has 5 rings (SSSR count). The van der Waals surface area contributed by atoms with Gasteiger partial charge in [-0.05, 0) is 53.9 Å². The van der Waals surface area contributed by atoms with E-state index in [0.29, 0.717) is 18.7 Å². The van der Waals surface area contributed by atoms with Gasteiger partial charge in [0.15, 0.2) is 0 Å². The lowest BCUT2D eigenvalue weighted by molar-refractivity contribution is -0.116. The Hall–Kier alpha value is -3.82. The van der Waals surface area contributed by atoms with Crippen LogP contribution in [0.5, 0.6) is 0 Å². The van der Waals surface area contributed by atoms with E-state index in [1.54, 1.807) is 66.7 Å². The Labute approximate surface area is 196 Å². The van der Waals surface area contributed by atoms with E-state index in [9.17, 15) is 22.8 Å². The lowest BCUT2D eigenvalue weighted by atomic mass is 10.0. The molecule has 172 valence electrons. The van der Waals surface area contributed by atoms with Crippen LogP contribution >= 0.6 is 0 Å². The third kappa shape index (κ3) is 3.89. The highest BCUT2D eigenvalue weighted by Gasteiger charge is 2.36. The van der Waals surface area contributed by atoms with Crippen LogP contribution in [0.3, 0.4) is 0 Å². The van der Waals surface area contributed by atoms with Gasteiger partial charge in [-0.1, -0.05) is 36.4 Å². The number of nitrogens with zero attached hydrogens (tertiary/aromatic N) is 2. The second-order valence-electron chi connectivity index (χ2n) is 8.18. The zero-order valence-corrected chi connectivity index (χ0v) is 18.9. The average molecular weight is 476 g/mol. The second kappa shape index (κ2) is 8.51. The Kier molecular flexibility index (Phi) is 5.51. The van der Waals surface area contributed by atoms with Crippen LogP contribution in [-0.2, 0) is 27.8 Å². The topological polar surface area (TPSA) is 104 Å². The van der Waals surface area contributed by atoms with E-state index in [-0.39, 0.29) is 22.6 Å². The maximum atomic E-state index is 13.0. The van der Waals surface area contributed by atoms with Crippen molar-refractivity contribution in [2.24, 2.45) is 0 Å². The lowest BCUT2D eigenvalue weighted by Gasteiger charge is -2.28. The molecule has 3 aromatic rings. The maximum Gasteiger partial charge on any atom is 0.262 e. The summed E-state index contributed by atoms with van der Waals surface area (Å²) in [4.78, 5) is 38.8. The molecule has 2 heterocycles. The number of fused-ring (bicyclic) bond motifs is 2. The van der Waals surface area contributed by atoms with Gasteiger partial charge >= 0.3 is 0 Å². The van der Waals surface area contributed by atoms with E-state index in [4.69, 9.17) is 0 Å². The highest BCUT2D eigenvalue weighted by Crippen LogP contribution is 2.27. The SMILES string of the molecule is O=C(CN1C(=O)c2ccccc2C1=O)Nc1ccc2c(c1)CN(S(=O)(=O)c1ccccc1)CC2. The molecule has 0 atom stereocenters. The molecule has 0 bridgehead atoms. The smallest absolute Gasteiger partial charge is 0.262 e. The monoisotopic (exact) mass is 475 g/mol. The number of imide groups is 1. The van der Waals surface area contributed by atoms with Crippen molar-refractivity contribution in [2.75, 3.05) is 18.4 Å². The highest BCUT2D eigenvalue weighted by molar-refractivity contribution is 7.89. The summed E-state index contributed by atoms with van der Waals surface area (Å²) in [5.74, 6) is -1.51. The molecular formula is C25H21N3O5S. The molecule has 0 radical (unpaired) electrons. The van der Waals surface area contributed by atoms with Crippen LogP contribution in [-0.4, -0.2) is 48.4 Å². The molecule has 34 heavy (non-hydrogen) atoms. The first kappa shape index (κ1) is 22.0. The van der Waals surface area contributed by atoms with Crippen LogP contribution < -0.4 is 5.32 Å². The summed E-state index contributed by atoms with van der Waals surface area (Å²) in [6.07, 6.45) is 0.560. The van der Waals surface area contributed by atoms with Crippen LogP contribution in [0, 0.1) is 0 Å². The van der Waals surface area contributed by atoms with Crippen molar-refractivity contribution in [3.63, 3.8) is 0 Å². The molecule has 8 nitrogen and oxygen atoms in total. The van der Waals surface area contributed by atoms with Crippen molar-refractivity contribution in [3.8, 4) is 0 Å². The molecule has 0 aromatic heterocycles. The Morgan fingerprint density at radius 2 is 1.50 bits per heavy atom. The number of rotatable bonds is 5. The van der Waals surface area contributed by atoms with Crippen LogP contribution in [0.1, 0.15) is 31.8 Å². The number of carbonyl (C=O) groups excluding carboxylic acids is 3. The van der Waals surface area contributed by atoms with Gasteiger partial charge in [0.1, 0.15) is 6.54 Å². The minimum atomic E-state index is -3.63. The molecule has 0 saturated carbocycles. The fourth-order valence-corrected chi connectivity index (χ4v) is 5.72. The number of amides is 3. The van der Waals surface area contributed by atoms with Crippen LogP contribution in [0.15, 0.2) is 77.7 Å². The van der Waals surface area contributed by atoms with Crippen molar-refractivity contribution < 1.29 is 22.8 Å². The van der Waals surface area contributed by atoms with E-state index < -0.39 is 34.3 Å². The minimum absolute atomic E-state index is 0.189. The second-order valence-corrected chi connectivity index (χ2v) is 10.1. The van der Waals surface area contributed by atoms with Crippen molar-refractivity contribution >= 4 is 33.4 Å². The van der Waals surface area contributed by atoms with Crippen LogP contribution in [0.4, 0.5) is 5.69 Å². The van der Waals surface area contributed by atoms with Gasteiger partial charge in [-0.15, -0.1) is 0 Å². The number of nitrogens with one attached hydrogen (secondary N) is 1. The number of hydrogen-bond acceptors (Lipinski definition) is 5. The zero-order chi connectivity index (χ0) is 23.9. The summed E-state index contributed by atoms with van der Waals surface area (Å²) >= 11 is 0. The predicted molar refractivity (Wildman–Crippen MR) is 125 cm³/mol. The van der Waals surface area contributed by atoms with E-state index in [1.807, 2.05) is 6.07 Å². The molecule has 9 heteroatoms. The van der Waals surface area contributed by atoms with Gasteiger partial charge < -0.3 is 5.32 Å². The van der Waals surface area contributed by atoms with E-state index in [2.05, 4.69) is 5.32 Å². The van der Waals surface area contributed by atoms with Crippen LogP contribution in [0.2, 0.25) is 0 Å². The Bertz CT molecular complexity index is 1380. The molecule has 0 spiro atoms. The molecule has 2 aliphatic rings. The first-order valence-corrected chi connectivity index (χ1v) is 12.2. The molecular weight excluding hydrogens is 454 g/mol. The molecule has 2 aliphatic heterocycles. The Morgan fingerprint density at radius 1 is 0.853 bits per heavy atom. The highest BCUT2D eigenvalue weighted by atomic mass is 32.2. The molecule has 3 aromatic carbocycles. The number of sulfonamides is 1. The van der Waals surface area contributed by atoms with Crippen molar-refractivity contribution in [1.82, 2.24) is 9.21 Å². The molecule has 0 aliphatic carbocycles. The molecule has 3 amide bonds. The number of anilines is 1. The molecule has 0 unspecified atom stereocenters. The third-order valence-electron chi connectivity index (χ3n) is 6.03. The van der Waals surface area contributed by atoms with Gasteiger partial charge in [0, 0.05) is 18.8 Å². The average Bonchev–Trinajstić information content (AvgIpc) is 3.09. The zero-order valence-electron chi connectivity index (χ0n) is 18.1. The molecule has 1 N–H and O–H groups in total. The Balaban J connectivity index is 1.29. The van der Waals surface area contributed by atoms with E-state index in [1.165, 1.54) is 4.31 Å². The lowest BCUT2D eigenvalue weighted by Crippen LogP contribution is -2.37. The minimum Gasteiger partial charge on any atom is -0.325 e. The standard InChI is InChI=1S/C25H21N3O5S/c29-23(16-28-24(30)21-8-4-5-9-22(21)25(28)31)26-19-11-10-17-12-13-27(15-18(17)14-19)34(32,33)20-6-2-1-3-7-20/h1-11,14H,12-13,15-16H2,(H,26,29). The van der Waals surface area contributed by atoms with Gasteiger partial charge in [-0.25, -0.2) is 8.42 Å². The van der Waals surface area contributed by atoms with Gasteiger partial charge in [0.2, 0.25) is 15.9 Å². The number of hydrogen-bond donors (Lipinski definition) is 1. The normalized spacial score (nSPS) is 15.7. The summed E-state index contributed by atoms with van der Waals surface area (Å²) in [7, 11) is -3.63. The summed E-state index contributed by atoms with van der Waals surface area (Å²) in [5, 5.41) is 2.72. The van der Waals surface area contributed by atoms with Gasteiger partial charge in [-0.3, -0.25) is 19.3 Å². The van der Waals surface area contributed by atoms with Crippen molar-refractivity contribution in [1.29, 1.82) is 0 Å². The number of carbonyl (C=O) groups is 3. The fraction of sp³-hybridized carbons (Fsp3) is 0.160. The van der Waals surface area contributed by atoms with Crippen LogP contribution in [0.25, 0.3) is 0 Å². The largest absolute Gasteiger partial charge is 0.325 e. The van der Waals surface area contributed by atoms with Gasteiger partial charge in [0.25, 0.3) is 11.8 Å². The summed E-state index contributed by atoms with van der Waals surface area (Å²) < 4.78 is 27.4. The van der Waals surface area contributed by atoms with Gasteiger partial charge in [0.05, 0.1) is 16.0 Å².